The number of hydrogen-bond acceptors (Lipinski definition) is 4. The van der Waals surface area contributed by atoms with Crippen molar-refractivity contribution in [2.75, 3.05) is 11.4 Å². The van der Waals surface area contributed by atoms with Gasteiger partial charge in [0, 0.05) is 18.9 Å². The smallest absolute Gasteiger partial charge is 0.369 e. The maximum atomic E-state index is 15.7. The van der Waals surface area contributed by atoms with Gasteiger partial charge in [-0.15, -0.1) is 0 Å². The number of rotatable bonds is 7. The third kappa shape index (κ3) is 5.63. The third-order valence-corrected chi connectivity index (χ3v) is 6.49. The van der Waals surface area contributed by atoms with Crippen LogP contribution in [0.15, 0.2) is 54.9 Å². The van der Waals surface area contributed by atoms with Gasteiger partial charge in [0.25, 0.3) is 0 Å². The molecule has 0 radical (unpaired) electrons. The van der Waals surface area contributed by atoms with Gasteiger partial charge in [0.1, 0.15) is 12.1 Å². The van der Waals surface area contributed by atoms with E-state index in [4.69, 9.17) is 5.73 Å². The molecule has 1 saturated heterocycles. The van der Waals surface area contributed by atoms with E-state index in [1.165, 1.54) is 42.7 Å². The maximum Gasteiger partial charge on any atom is 0.416 e. The molecule has 1 aliphatic rings. The van der Waals surface area contributed by atoms with Crippen LogP contribution in [0.2, 0.25) is 0 Å². The highest BCUT2D eigenvalue weighted by atomic mass is 19.4. The number of aromatic nitrogens is 2. The predicted octanol–water partition coefficient (Wildman–Crippen LogP) is 5.25. The van der Waals surface area contributed by atoms with Crippen molar-refractivity contribution in [1.82, 2.24) is 9.97 Å². The summed E-state index contributed by atoms with van der Waals surface area (Å²) in [5.41, 5.74) is 6.12. The Bertz CT molecular complexity index is 1210. The molecule has 2 N–H and O–H groups in total. The summed E-state index contributed by atoms with van der Waals surface area (Å²) in [7, 11) is 0. The number of benzene rings is 2. The second-order valence-corrected chi connectivity index (χ2v) is 9.22. The number of amides is 1. The molecule has 1 aliphatic heterocycles. The minimum atomic E-state index is -4.44. The molecule has 0 bridgehead atoms. The molecule has 1 aromatic heterocycles. The van der Waals surface area contributed by atoms with Crippen molar-refractivity contribution in [2.24, 2.45) is 17.6 Å². The molecule has 190 valence electrons. The normalized spacial score (nSPS) is 18.9. The summed E-state index contributed by atoms with van der Waals surface area (Å²) >= 11 is 0. The summed E-state index contributed by atoms with van der Waals surface area (Å²) in [5.74, 6) is -2.37. The third-order valence-electron chi connectivity index (χ3n) is 6.49. The van der Waals surface area contributed by atoms with E-state index in [9.17, 15) is 22.4 Å². The number of nitrogens with zero attached hydrogens (tertiary/aromatic N) is 3. The van der Waals surface area contributed by atoms with Gasteiger partial charge in [-0.25, -0.2) is 18.7 Å². The summed E-state index contributed by atoms with van der Waals surface area (Å²) in [6.45, 7) is 2.43. The quantitative estimate of drug-likeness (QED) is 0.447. The second-order valence-electron chi connectivity index (χ2n) is 9.22. The second kappa shape index (κ2) is 10.2. The lowest BCUT2D eigenvalue weighted by molar-refractivity contribution is -0.137. The first-order valence-corrected chi connectivity index (χ1v) is 11.5. The molecule has 1 amide bonds. The Kier molecular flexibility index (Phi) is 7.23. The molecular weight excluding hydrogens is 479 g/mol. The molecule has 2 unspecified atom stereocenters. The van der Waals surface area contributed by atoms with Crippen molar-refractivity contribution in [3.8, 4) is 0 Å². The van der Waals surface area contributed by atoms with E-state index in [-0.39, 0.29) is 36.3 Å². The molecule has 3 aromatic rings. The van der Waals surface area contributed by atoms with E-state index in [0.717, 1.165) is 12.1 Å². The Morgan fingerprint density at radius 2 is 1.72 bits per heavy atom. The summed E-state index contributed by atoms with van der Waals surface area (Å²) in [4.78, 5) is 22.0. The number of hydrogen-bond donors (Lipinski definition) is 1. The lowest BCUT2D eigenvalue weighted by Gasteiger charge is -2.27. The van der Waals surface area contributed by atoms with Crippen LogP contribution in [-0.2, 0) is 23.8 Å². The van der Waals surface area contributed by atoms with Crippen molar-refractivity contribution in [3.63, 3.8) is 0 Å². The van der Waals surface area contributed by atoms with E-state index in [2.05, 4.69) is 9.97 Å². The Labute approximate surface area is 205 Å². The van der Waals surface area contributed by atoms with Crippen LogP contribution in [0, 0.1) is 23.5 Å². The number of carbonyl (C=O) groups excluding carboxylic acids is 1. The fourth-order valence-corrected chi connectivity index (χ4v) is 4.64. The number of primary amides is 1. The van der Waals surface area contributed by atoms with Gasteiger partial charge in [-0.3, -0.25) is 4.79 Å². The minimum Gasteiger partial charge on any atom is -0.369 e. The van der Waals surface area contributed by atoms with Crippen molar-refractivity contribution in [1.29, 1.82) is 0 Å². The highest BCUT2D eigenvalue weighted by Gasteiger charge is 2.36. The Hall–Kier alpha value is -3.56. The van der Waals surface area contributed by atoms with Crippen LogP contribution in [0.1, 0.15) is 41.8 Å². The standard InChI is InChI=1S/C26H25F5N4O/c1-15-10-22(17-4-6-19(7-5-17)26(29,30)31)35(13-15)25-23(28)21(33-14-34-25)12-18(24(32)36)11-16-2-8-20(27)9-3-16/h2-9,14-15,18,22H,10-13H2,1H3,(H2,32,36)/t15?,18-,22?/m0/s1. The van der Waals surface area contributed by atoms with Gasteiger partial charge in [-0.05, 0) is 54.2 Å². The van der Waals surface area contributed by atoms with E-state index in [1.54, 1.807) is 4.90 Å². The number of nitrogens with two attached hydrogens (primary N) is 1. The summed E-state index contributed by atoms with van der Waals surface area (Å²) in [6, 6.07) is 10.1. The Balaban J connectivity index is 1.59. The van der Waals surface area contributed by atoms with Crippen molar-refractivity contribution in [2.45, 2.75) is 38.4 Å². The predicted molar refractivity (Wildman–Crippen MR) is 124 cm³/mol. The van der Waals surface area contributed by atoms with E-state index >= 15 is 4.39 Å². The molecule has 0 saturated carbocycles. The number of halogens is 5. The Morgan fingerprint density at radius 1 is 1.06 bits per heavy atom. The lowest BCUT2D eigenvalue weighted by atomic mass is 9.93. The molecule has 10 heteroatoms. The highest BCUT2D eigenvalue weighted by molar-refractivity contribution is 5.77. The molecule has 0 aliphatic carbocycles. The lowest BCUT2D eigenvalue weighted by Crippen LogP contribution is -2.29. The van der Waals surface area contributed by atoms with Crippen molar-refractivity contribution in [3.05, 3.63) is 88.9 Å². The van der Waals surface area contributed by atoms with E-state index in [0.29, 0.717) is 24.1 Å². The van der Waals surface area contributed by atoms with Gasteiger partial charge in [0.05, 0.1) is 17.3 Å². The molecule has 3 atom stereocenters. The molecule has 2 heterocycles. The molecule has 0 spiro atoms. The summed E-state index contributed by atoms with van der Waals surface area (Å²) < 4.78 is 67.8. The monoisotopic (exact) mass is 504 g/mol. The number of alkyl halides is 3. The molecule has 4 rings (SSSR count). The molecule has 2 aromatic carbocycles. The van der Waals surface area contributed by atoms with E-state index in [1.807, 2.05) is 6.92 Å². The zero-order valence-electron chi connectivity index (χ0n) is 19.5. The average molecular weight is 505 g/mol. The van der Waals surface area contributed by atoms with Crippen LogP contribution in [0.4, 0.5) is 27.8 Å². The molecule has 1 fully saturated rings. The SMILES string of the molecule is CC1CC(c2ccc(C(F)(F)F)cc2)N(c2ncnc(C[C@H](Cc3ccc(F)cc3)C(N)=O)c2F)C1. The van der Waals surface area contributed by atoms with Crippen molar-refractivity contribution < 1.29 is 26.7 Å². The zero-order chi connectivity index (χ0) is 26.0. The van der Waals surface area contributed by atoms with Gasteiger partial charge in [0.15, 0.2) is 11.6 Å². The van der Waals surface area contributed by atoms with E-state index < -0.39 is 35.2 Å². The first-order chi connectivity index (χ1) is 17.0. The molecule has 36 heavy (non-hydrogen) atoms. The number of anilines is 1. The zero-order valence-corrected chi connectivity index (χ0v) is 19.5. The number of carbonyl (C=O) groups is 1. The first-order valence-electron chi connectivity index (χ1n) is 11.5. The van der Waals surface area contributed by atoms with Gasteiger partial charge in [-0.1, -0.05) is 31.2 Å². The Morgan fingerprint density at radius 3 is 2.33 bits per heavy atom. The fraction of sp³-hybridized carbons (Fsp3) is 0.346. The topological polar surface area (TPSA) is 72.1 Å². The summed E-state index contributed by atoms with van der Waals surface area (Å²) in [5, 5.41) is 0. The van der Waals surface area contributed by atoms with Gasteiger partial charge in [0.2, 0.25) is 5.91 Å². The minimum absolute atomic E-state index is 0.0108. The fourth-order valence-electron chi connectivity index (χ4n) is 4.64. The average Bonchev–Trinajstić information content (AvgIpc) is 3.22. The van der Waals surface area contributed by atoms with Crippen LogP contribution in [0.3, 0.4) is 0 Å². The van der Waals surface area contributed by atoms with Gasteiger partial charge >= 0.3 is 6.18 Å². The maximum absolute atomic E-state index is 15.7. The first kappa shape index (κ1) is 25.5. The van der Waals surface area contributed by atoms with Crippen LogP contribution in [0.5, 0.6) is 0 Å². The molecular formula is C26H25F5N4O. The highest BCUT2D eigenvalue weighted by Crippen LogP contribution is 2.40. The van der Waals surface area contributed by atoms with Gasteiger partial charge in [-0.2, -0.15) is 13.2 Å². The van der Waals surface area contributed by atoms with Crippen molar-refractivity contribution >= 4 is 11.7 Å². The van der Waals surface area contributed by atoms with Crippen LogP contribution in [0.25, 0.3) is 0 Å². The molecule has 5 nitrogen and oxygen atoms in total. The summed E-state index contributed by atoms with van der Waals surface area (Å²) in [6.07, 6.45) is -2.53. The van der Waals surface area contributed by atoms with Crippen LogP contribution < -0.4 is 10.6 Å². The largest absolute Gasteiger partial charge is 0.416 e. The van der Waals surface area contributed by atoms with Crippen LogP contribution in [-0.4, -0.2) is 22.4 Å². The van der Waals surface area contributed by atoms with Gasteiger partial charge < -0.3 is 10.6 Å². The van der Waals surface area contributed by atoms with Crippen LogP contribution >= 0.6 is 0 Å².